The molecule has 0 bridgehead atoms. The van der Waals surface area contributed by atoms with E-state index in [0.717, 1.165) is 57.8 Å². The third kappa shape index (κ3) is 66.6. The lowest BCUT2D eigenvalue weighted by molar-refractivity contribution is -0.870. The molecule has 0 aromatic rings. The largest absolute Gasteiger partial charge is 0.545 e. The van der Waals surface area contributed by atoms with Gasteiger partial charge in [-0.1, -0.05) is 306 Å². The second kappa shape index (κ2) is 65.2. The van der Waals surface area contributed by atoms with Gasteiger partial charge in [-0.2, -0.15) is 0 Å². The van der Waals surface area contributed by atoms with Crippen molar-refractivity contribution in [2.24, 2.45) is 0 Å². The number of unbranched alkanes of at least 4 members (excludes halogenated alkanes) is 44. The summed E-state index contributed by atoms with van der Waals surface area (Å²) >= 11 is 0. The van der Waals surface area contributed by atoms with Crippen LogP contribution in [-0.2, 0) is 33.3 Å². The Morgan fingerprint density at radius 2 is 0.651 bits per heavy atom. The highest BCUT2D eigenvalue weighted by Gasteiger charge is 2.22. The lowest BCUT2D eigenvalue weighted by atomic mass is 10.0. The second-order valence-electron chi connectivity index (χ2n) is 25.5. The standard InChI is InChI=1S/C74H137NO8/c1-6-8-10-12-14-16-18-20-22-24-25-26-27-28-29-30-31-32-33-34-35-36-37-38-39-40-41-42-43-44-45-46-47-49-51-53-55-57-59-61-63-65-72(77)83-70(69-82-74(73(78)79)80-67-66-75(3,4)5)68-81-71(76)64-62-60-58-56-54-52-50-48-23-21-19-17-15-13-11-9-7-2/h15,17-18,20-21,23-25,70,74H,6-14,16,19,22,26-69H2,1-5H3/b17-15-,20-18-,23-21-,25-24-. The van der Waals surface area contributed by atoms with Gasteiger partial charge in [-0.05, 0) is 77.0 Å². The number of aliphatic carboxylic acids is 1. The fourth-order valence-corrected chi connectivity index (χ4v) is 10.5. The molecule has 0 fully saturated rings. The number of carboxylic acids is 1. The maximum Gasteiger partial charge on any atom is 0.306 e. The van der Waals surface area contributed by atoms with Gasteiger partial charge in [-0.25, -0.2) is 0 Å². The highest BCUT2D eigenvalue weighted by atomic mass is 16.7. The lowest BCUT2D eigenvalue weighted by Gasteiger charge is -2.26. The first-order valence-electron chi connectivity index (χ1n) is 35.8. The van der Waals surface area contributed by atoms with E-state index in [-0.39, 0.29) is 38.6 Å². The predicted molar refractivity (Wildman–Crippen MR) is 352 cm³/mol. The summed E-state index contributed by atoms with van der Waals surface area (Å²) in [6.45, 7) is 4.75. The molecule has 83 heavy (non-hydrogen) atoms. The van der Waals surface area contributed by atoms with E-state index in [1.54, 1.807) is 0 Å². The topological polar surface area (TPSA) is 111 Å². The summed E-state index contributed by atoms with van der Waals surface area (Å²) < 4.78 is 22.8. The van der Waals surface area contributed by atoms with E-state index in [1.165, 1.54) is 257 Å². The number of carboxylic acid groups (broad SMARTS) is 1. The molecule has 0 aliphatic heterocycles. The van der Waals surface area contributed by atoms with Gasteiger partial charge in [0.2, 0.25) is 0 Å². The summed E-state index contributed by atoms with van der Waals surface area (Å²) in [4.78, 5) is 37.4. The van der Waals surface area contributed by atoms with Crippen molar-refractivity contribution in [2.75, 3.05) is 47.5 Å². The van der Waals surface area contributed by atoms with Crippen LogP contribution in [-0.4, -0.2) is 82.3 Å². The van der Waals surface area contributed by atoms with Crippen molar-refractivity contribution < 1.29 is 42.9 Å². The Morgan fingerprint density at radius 1 is 0.361 bits per heavy atom. The summed E-state index contributed by atoms with van der Waals surface area (Å²) in [6, 6.07) is 0. The van der Waals surface area contributed by atoms with Gasteiger partial charge >= 0.3 is 11.9 Å². The molecule has 0 aromatic carbocycles. The first kappa shape index (κ1) is 80.2. The second-order valence-corrected chi connectivity index (χ2v) is 25.5. The highest BCUT2D eigenvalue weighted by Crippen LogP contribution is 2.18. The van der Waals surface area contributed by atoms with Crippen LogP contribution in [0.3, 0.4) is 0 Å². The average Bonchev–Trinajstić information content (AvgIpc) is 3.47. The number of allylic oxidation sites excluding steroid dienone is 8. The molecule has 9 nitrogen and oxygen atoms in total. The third-order valence-electron chi connectivity index (χ3n) is 16.0. The van der Waals surface area contributed by atoms with Crippen molar-refractivity contribution in [3.8, 4) is 0 Å². The zero-order chi connectivity index (χ0) is 60.5. The van der Waals surface area contributed by atoms with Gasteiger partial charge in [-0.3, -0.25) is 9.59 Å². The Balaban J connectivity index is 3.92. The number of carbonyl (C=O) groups excluding carboxylic acids is 3. The maximum absolute atomic E-state index is 12.9. The average molecular weight is 1170 g/mol. The summed E-state index contributed by atoms with van der Waals surface area (Å²) in [5.41, 5.74) is 0. The van der Waals surface area contributed by atoms with Gasteiger partial charge in [0, 0.05) is 12.8 Å². The number of quaternary nitrogens is 1. The van der Waals surface area contributed by atoms with Crippen LogP contribution in [0, 0.1) is 0 Å². The molecule has 0 saturated carbocycles. The number of rotatable bonds is 67. The van der Waals surface area contributed by atoms with Crippen LogP contribution in [0.5, 0.6) is 0 Å². The van der Waals surface area contributed by atoms with Crippen LogP contribution < -0.4 is 5.11 Å². The molecule has 0 rings (SSSR count). The van der Waals surface area contributed by atoms with Gasteiger partial charge in [-0.15, -0.1) is 0 Å². The number of nitrogens with zero attached hydrogens (tertiary/aromatic N) is 1. The Hall–Kier alpha value is -2.75. The van der Waals surface area contributed by atoms with Crippen LogP contribution in [0.2, 0.25) is 0 Å². The molecular weight excluding hydrogens is 1030 g/mol. The minimum atomic E-state index is -1.62. The van der Waals surface area contributed by atoms with Crippen molar-refractivity contribution in [3.63, 3.8) is 0 Å². The van der Waals surface area contributed by atoms with E-state index in [0.29, 0.717) is 17.4 Å². The summed E-state index contributed by atoms with van der Waals surface area (Å²) in [5, 5.41) is 11.8. The number of ether oxygens (including phenoxy) is 4. The number of hydrogen-bond donors (Lipinski definition) is 0. The van der Waals surface area contributed by atoms with E-state index in [9.17, 15) is 19.5 Å². The normalized spacial score (nSPS) is 12.9. The molecule has 2 atom stereocenters. The zero-order valence-corrected chi connectivity index (χ0v) is 55.6. The van der Waals surface area contributed by atoms with E-state index in [4.69, 9.17) is 18.9 Å². The molecule has 0 aliphatic rings. The highest BCUT2D eigenvalue weighted by molar-refractivity contribution is 5.70. The Bertz CT molecular complexity index is 1500. The van der Waals surface area contributed by atoms with Crippen molar-refractivity contribution in [2.45, 2.75) is 360 Å². The van der Waals surface area contributed by atoms with E-state index >= 15 is 0 Å². The first-order valence-corrected chi connectivity index (χ1v) is 35.8. The van der Waals surface area contributed by atoms with Crippen molar-refractivity contribution in [3.05, 3.63) is 48.6 Å². The fraction of sp³-hybridized carbons (Fsp3) is 0.851. The molecule has 486 valence electrons. The number of esters is 2. The summed E-state index contributed by atoms with van der Waals surface area (Å²) in [7, 11) is 5.93. The minimum Gasteiger partial charge on any atom is -0.545 e. The first-order chi connectivity index (χ1) is 40.6. The van der Waals surface area contributed by atoms with Gasteiger partial charge < -0.3 is 33.3 Å². The van der Waals surface area contributed by atoms with Crippen LogP contribution in [0.4, 0.5) is 0 Å². The molecule has 0 amide bonds. The predicted octanol–water partition coefficient (Wildman–Crippen LogP) is 20.8. The SMILES string of the molecule is CCCCC/C=C\C/C=C\CCCCCCCCCC(=O)OCC(COC(OCC[N+](C)(C)C)C(=O)[O-])OC(=O)CCCCCCCCCCCCCCCCCCCCCCCCCCCCCCC/C=C\C/C=C\CCCCCCC. The zero-order valence-electron chi connectivity index (χ0n) is 55.6. The monoisotopic (exact) mass is 1170 g/mol. The molecule has 0 radical (unpaired) electrons. The number of likely N-dealkylation sites (N-methyl/N-ethyl adjacent to an activating group) is 1. The van der Waals surface area contributed by atoms with Gasteiger partial charge in [0.05, 0.1) is 40.3 Å². The smallest absolute Gasteiger partial charge is 0.306 e. The molecule has 0 N–H and O–H groups in total. The number of carbonyl (C=O) groups is 3. The van der Waals surface area contributed by atoms with Crippen LogP contribution in [0.1, 0.15) is 348 Å². The van der Waals surface area contributed by atoms with Gasteiger partial charge in [0.1, 0.15) is 13.2 Å². The molecule has 0 spiro atoms. The quantitative estimate of drug-likeness (QED) is 0.0195. The minimum absolute atomic E-state index is 0.148. The Kier molecular flexibility index (Phi) is 63.1. The maximum atomic E-state index is 12.9. The Labute approximate surface area is 514 Å². The molecule has 2 unspecified atom stereocenters. The molecule has 0 saturated heterocycles. The van der Waals surface area contributed by atoms with Crippen LogP contribution >= 0.6 is 0 Å². The van der Waals surface area contributed by atoms with E-state index in [2.05, 4.69) is 62.5 Å². The van der Waals surface area contributed by atoms with E-state index in [1.807, 2.05) is 21.1 Å². The number of hydrogen-bond acceptors (Lipinski definition) is 8. The molecule has 0 aliphatic carbocycles. The van der Waals surface area contributed by atoms with Crippen LogP contribution in [0.15, 0.2) is 48.6 Å². The Morgan fingerprint density at radius 3 is 0.976 bits per heavy atom. The van der Waals surface area contributed by atoms with Crippen molar-refractivity contribution in [1.82, 2.24) is 0 Å². The molecule has 9 heteroatoms. The molecular formula is C74H137NO8. The fourth-order valence-electron chi connectivity index (χ4n) is 10.5. The van der Waals surface area contributed by atoms with Gasteiger partial charge in [0.15, 0.2) is 12.4 Å². The van der Waals surface area contributed by atoms with Crippen molar-refractivity contribution in [1.29, 1.82) is 0 Å². The van der Waals surface area contributed by atoms with Gasteiger partial charge in [0.25, 0.3) is 0 Å². The molecule has 0 aromatic heterocycles. The lowest BCUT2D eigenvalue weighted by Crippen LogP contribution is -2.44. The van der Waals surface area contributed by atoms with Crippen molar-refractivity contribution >= 4 is 17.9 Å². The van der Waals surface area contributed by atoms with Crippen LogP contribution in [0.25, 0.3) is 0 Å². The van der Waals surface area contributed by atoms with E-state index < -0.39 is 24.3 Å². The summed E-state index contributed by atoms with van der Waals surface area (Å²) in [5.74, 6) is -2.27. The summed E-state index contributed by atoms with van der Waals surface area (Å²) in [6.07, 6.45) is 80.8. The third-order valence-corrected chi connectivity index (χ3v) is 16.0. The molecule has 0 heterocycles.